The van der Waals surface area contributed by atoms with E-state index in [1.807, 2.05) is 18.2 Å². The first-order valence-corrected chi connectivity index (χ1v) is 9.80. The van der Waals surface area contributed by atoms with Crippen LogP contribution in [0.1, 0.15) is 25.8 Å². The van der Waals surface area contributed by atoms with Crippen molar-refractivity contribution in [2.75, 3.05) is 0 Å². The number of nitro benzene ring substituents is 1. The van der Waals surface area contributed by atoms with Crippen molar-refractivity contribution in [1.82, 2.24) is 9.55 Å². The molecule has 0 atom stereocenters. The molecule has 27 heavy (non-hydrogen) atoms. The van der Waals surface area contributed by atoms with E-state index in [1.54, 1.807) is 22.8 Å². The van der Waals surface area contributed by atoms with Gasteiger partial charge in [-0.1, -0.05) is 49.9 Å². The highest BCUT2D eigenvalue weighted by Crippen LogP contribution is 2.24. The summed E-state index contributed by atoms with van der Waals surface area (Å²) in [6, 6.07) is 13.8. The average molecular weight is 383 g/mol. The Morgan fingerprint density at radius 3 is 2.52 bits per heavy atom. The molecule has 0 saturated carbocycles. The largest absolute Gasteiger partial charge is 0.287 e. The number of thioether (sulfide) groups is 1. The first-order valence-electron chi connectivity index (χ1n) is 8.81. The maximum absolute atomic E-state index is 12.9. The van der Waals surface area contributed by atoms with Gasteiger partial charge in [-0.05, 0) is 30.0 Å². The summed E-state index contributed by atoms with van der Waals surface area (Å²) >= 11 is 1.48. The SMILES string of the molecule is CC(C)CCn1c(SCc2ccc([N+](=O)[O-])cc2)nc2ccccc2c1=O. The monoisotopic (exact) mass is 383 g/mol. The first kappa shape index (κ1) is 19.1. The molecule has 3 aromatic rings. The molecule has 140 valence electrons. The van der Waals surface area contributed by atoms with E-state index in [0.29, 0.717) is 34.3 Å². The predicted molar refractivity (Wildman–Crippen MR) is 108 cm³/mol. The molecule has 0 amide bonds. The Bertz CT molecular complexity index is 1010. The highest BCUT2D eigenvalue weighted by atomic mass is 32.2. The molecule has 0 N–H and O–H groups in total. The van der Waals surface area contributed by atoms with E-state index < -0.39 is 4.92 Å². The van der Waals surface area contributed by atoms with Crippen LogP contribution < -0.4 is 5.56 Å². The fourth-order valence-electron chi connectivity index (χ4n) is 2.70. The summed E-state index contributed by atoms with van der Waals surface area (Å²) in [6.07, 6.45) is 0.894. The zero-order valence-electron chi connectivity index (χ0n) is 15.3. The van der Waals surface area contributed by atoms with Crippen LogP contribution >= 0.6 is 11.8 Å². The molecule has 0 aliphatic rings. The van der Waals surface area contributed by atoms with Crippen molar-refractivity contribution in [3.05, 3.63) is 74.6 Å². The highest BCUT2D eigenvalue weighted by molar-refractivity contribution is 7.98. The molecule has 0 bridgehead atoms. The second kappa shape index (κ2) is 8.35. The number of fused-ring (bicyclic) bond motifs is 1. The number of hydrogen-bond donors (Lipinski definition) is 0. The van der Waals surface area contributed by atoms with Crippen molar-refractivity contribution in [2.45, 2.75) is 37.7 Å². The molecular weight excluding hydrogens is 362 g/mol. The summed E-state index contributed by atoms with van der Waals surface area (Å²) in [6.45, 7) is 4.88. The van der Waals surface area contributed by atoms with Gasteiger partial charge in [-0.15, -0.1) is 0 Å². The Hall–Kier alpha value is -2.67. The summed E-state index contributed by atoms with van der Waals surface area (Å²) in [4.78, 5) is 28.0. The van der Waals surface area contributed by atoms with Gasteiger partial charge in [0.1, 0.15) is 0 Å². The number of aromatic nitrogens is 2. The van der Waals surface area contributed by atoms with E-state index in [1.165, 1.54) is 23.9 Å². The number of nitrogens with zero attached hydrogens (tertiary/aromatic N) is 3. The molecule has 1 aromatic heterocycles. The van der Waals surface area contributed by atoms with Crippen molar-refractivity contribution in [2.24, 2.45) is 5.92 Å². The van der Waals surface area contributed by atoms with Crippen molar-refractivity contribution in [1.29, 1.82) is 0 Å². The molecular formula is C20H21N3O3S. The molecule has 1 heterocycles. The number of para-hydroxylation sites is 1. The van der Waals surface area contributed by atoms with Crippen LogP contribution in [0.5, 0.6) is 0 Å². The third kappa shape index (κ3) is 4.54. The van der Waals surface area contributed by atoms with Crippen LogP contribution in [0.3, 0.4) is 0 Å². The fraction of sp³-hybridized carbons (Fsp3) is 0.300. The van der Waals surface area contributed by atoms with Crippen LogP contribution in [0, 0.1) is 16.0 Å². The van der Waals surface area contributed by atoms with Crippen LogP contribution in [0.2, 0.25) is 0 Å². The van der Waals surface area contributed by atoms with Crippen molar-refractivity contribution < 1.29 is 4.92 Å². The molecule has 0 saturated heterocycles. The Balaban J connectivity index is 1.90. The van der Waals surface area contributed by atoms with Crippen LogP contribution in [0.4, 0.5) is 5.69 Å². The molecule has 2 aromatic carbocycles. The number of nitro groups is 1. The van der Waals surface area contributed by atoms with Gasteiger partial charge in [0.15, 0.2) is 5.16 Å². The second-order valence-electron chi connectivity index (χ2n) is 6.76. The predicted octanol–water partition coefficient (Wildman–Crippen LogP) is 4.64. The lowest BCUT2D eigenvalue weighted by Gasteiger charge is -2.14. The van der Waals surface area contributed by atoms with E-state index in [-0.39, 0.29) is 11.2 Å². The molecule has 0 radical (unpaired) electrons. The number of rotatable bonds is 7. The van der Waals surface area contributed by atoms with E-state index in [9.17, 15) is 14.9 Å². The van der Waals surface area contributed by atoms with Crippen LogP contribution in [-0.4, -0.2) is 14.5 Å². The Morgan fingerprint density at radius 2 is 1.85 bits per heavy atom. The van der Waals surface area contributed by atoms with Crippen molar-refractivity contribution in [3.8, 4) is 0 Å². The molecule has 3 rings (SSSR count). The summed E-state index contributed by atoms with van der Waals surface area (Å²) in [5.41, 5.74) is 1.69. The third-order valence-electron chi connectivity index (χ3n) is 4.27. The summed E-state index contributed by atoms with van der Waals surface area (Å²) in [5, 5.41) is 12.1. The normalized spacial score (nSPS) is 11.2. The smallest absolute Gasteiger partial charge is 0.269 e. The summed E-state index contributed by atoms with van der Waals surface area (Å²) in [5.74, 6) is 1.07. The van der Waals surface area contributed by atoms with Gasteiger partial charge in [0.25, 0.3) is 11.2 Å². The molecule has 6 nitrogen and oxygen atoms in total. The fourth-order valence-corrected chi connectivity index (χ4v) is 3.69. The second-order valence-corrected chi connectivity index (χ2v) is 7.71. The molecule has 0 fully saturated rings. The summed E-state index contributed by atoms with van der Waals surface area (Å²) < 4.78 is 1.75. The lowest BCUT2D eigenvalue weighted by molar-refractivity contribution is -0.384. The zero-order chi connectivity index (χ0) is 19.4. The van der Waals surface area contributed by atoms with Crippen molar-refractivity contribution in [3.63, 3.8) is 0 Å². The van der Waals surface area contributed by atoms with E-state index in [0.717, 1.165) is 12.0 Å². The Labute approximate surface area is 161 Å². The molecule has 0 aliphatic carbocycles. The molecule has 0 unspecified atom stereocenters. The third-order valence-corrected chi connectivity index (χ3v) is 5.32. The Kier molecular flexibility index (Phi) is 5.91. The summed E-state index contributed by atoms with van der Waals surface area (Å²) in [7, 11) is 0. The minimum atomic E-state index is -0.411. The topological polar surface area (TPSA) is 78.0 Å². The van der Waals surface area contributed by atoms with Gasteiger partial charge in [-0.25, -0.2) is 4.98 Å². The van der Waals surface area contributed by atoms with Crippen molar-refractivity contribution >= 4 is 28.4 Å². The van der Waals surface area contributed by atoms with Gasteiger partial charge >= 0.3 is 0 Å². The molecule has 7 heteroatoms. The minimum Gasteiger partial charge on any atom is -0.287 e. The van der Waals surface area contributed by atoms with E-state index in [2.05, 4.69) is 13.8 Å². The first-order chi connectivity index (χ1) is 13.0. The average Bonchev–Trinajstić information content (AvgIpc) is 2.66. The number of benzene rings is 2. The molecule has 0 spiro atoms. The lowest BCUT2D eigenvalue weighted by Crippen LogP contribution is -2.24. The van der Waals surface area contributed by atoms with Crippen LogP contribution in [0.15, 0.2) is 58.5 Å². The van der Waals surface area contributed by atoms with Crippen LogP contribution in [-0.2, 0) is 12.3 Å². The van der Waals surface area contributed by atoms with Crippen LogP contribution in [0.25, 0.3) is 10.9 Å². The standard InChI is InChI=1S/C20H21N3O3S/c1-14(2)11-12-22-19(24)17-5-3-4-6-18(17)21-20(22)27-13-15-7-9-16(10-8-15)23(25)26/h3-10,14H,11-13H2,1-2H3. The quantitative estimate of drug-likeness (QED) is 0.257. The van der Waals surface area contributed by atoms with E-state index in [4.69, 9.17) is 4.98 Å². The maximum atomic E-state index is 12.9. The van der Waals surface area contributed by atoms with Gasteiger partial charge in [0, 0.05) is 24.4 Å². The zero-order valence-corrected chi connectivity index (χ0v) is 16.1. The highest BCUT2D eigenvalue weighted by Gasteiger charge is 2.12. The van der Waals surface area contributed by atoms with Gasteiger partial charge in [0.2, 0.25) is 0 Å². The number of non-ortho nitro benzene ring substituents is 1. The lowest BCUT2D eigenvalue weighted by atomic mass is 10.1. The Morgan fingerprint density at radius 1 is 1.15 bits per heavy atom. The molecule has 0 aliphatic heterocycles. The maximum Gasteiger partial charge on any atom is 0.269 e. The minimum absolute atomic E-state index is 0.0209. The van der Waals surface area contributed by atoms with E-state index >= 15 is 0 Å². The van der Waals surface area contributed by atoms with Gasteiger partial charge in [0.05, 0.1) is 15.8 Å². The number of hydrogen-bond acceptors (Lipinski definition) is 5. The van der Waals surface area contributed by atoms with Gasteiger partial charge in [-0.2, -0.15) is 0 Å². The van der Waals surface area contributed by atoms with Gasteiger partial charge < -0.3 is 0 Å². The van der Waals surface area contributed by atoms with Gasteiger partial charge in [-0.3, -0.25) is 19.5 Å².